The van der Waals surface area contributed by atoms with Gasteiger partial charge >= 0.3 is 0 Å². The molecule has 4 nitrogen and oxygen atoms in total. The van der Waals surface area contributed by atoms with Gasteiger partial charge in [-0.15, -0.1) is 11.6 Å². The first-order chi connectivity index (χ1) is 6.13. The van der Waals surface area contributed by atoms with Gasteiger partial charge in [0.1, 0.15) is 0 Å². The number of carbonyl (C=O) groups excluding carboxylic acids is 1. The van der Waals surface area contributed by atoms with Crippen molar-refractivity contribution in [3.63, 3.8) is 0 Å². The lowest BCUT2D eigenvalue weighted by molar-refractivity contribution is -0.118. The number of hydrogen-bond acceptors (Lipinski definition) is 2. The summed E-state index contributed by atoms with van der Waals surface area (Å²) in [7, 11) is 1.79. The Morgan fingerprint density at radius 1 is 1.85 bits per heavy atom. The number of rotatable bonds is 3. The van der Waals surface area contributed by atoms with E-state index in [4.69, 9.17) is 11.6 Å². The van der Waals surface area contributed by atoms with Gasteiger partial charge in [0.15, 0.2) is 5.82 Å². The zero-order chi connectivity index (χ0) is 9.84. The first kappa shape index (κ1) is 10.1. The molecule has 5 heteroatoms. The number of alkyl halides is 1. The summed E-state index contributed by atoms with van der Waals surface area (Å²) in [5, 5.41) is 6.67. The highest BCUT2D eigenvalue weighted by Crippen LogP contribution is 2.05. The van der Waals surface area contributed by atoms with Gasteiger partial charge in [0.05, 0.1) is 0 Å². The Labute approximate surface area is 81.9 Å². The van der Waals surface area contributed by atoms with Crippen LogP contribution in [0.5, 0.6) is 0 Å². The van der Waals surface area contributed by atoms with Gasteiger partial charge in [-0.1, -0.05) is 6.92 Å². The molecule has 1 N–H and O–H groups in total. The molecule has 0 saturated carbocycles. The predicted molar refractivity (Wildman–Crippen MR) is 51.7 cm³/mol. The third kappa shape index (κ3) is 2.73. The van der Waals surface area contributed by atoms with Crippen LogP contribution in [0.1, 0.15) is 6.92 Å². The van der Waals surface area contributed by atoms with E-state index in [0.29, 0.717) is 11.7 Å². The molecule has 0 aliphatic heterocycles. The van der Waals surface area contributed by atoms with E-state index in [1.54, 1.807) is 30.9 Å². The maximum Gasteiger partial charge on any atom is 0.229 e. The van der Waals surface area contributed by atoms with Gasteiger partial charge in [-0.05, 0) is 0 Å². The summed E-state index contributed by atoms with van der Waals surface area (Å²) in [5.74, 6) is 0.584. The standard InChI is InChI=1S/C8H12ClN3O/c1-6(5-9)8(13)10-7-3-4-12(2)11-7/h3-4,6H,5H2,1-2H3,(H,10,11,13). The van der Waals surface area contributed by atoms with Gasteiger partial charge in [0.25, 0.3) is 0 Å². The van der Waals surface area contributed by atoms with E-state index in [-0.39, 0.29) is 11.8 Å². The highest BCUT2D eigenvalue weighted by molar-refractivity contribution is 6.19. The van der Waals surface area contributed by atoms with E-state index in [1.807, 2.05) is 0 Å². The van der Waals surface area contributed by atoms with E-state index in [0.717, 1.165) is 0 Å². The summed E-state index contributed by atoms with van der Waals surface area (Å²) in [6.07, 6.45) is 1.76. The Kier molecular flexibility index (Phi) is 3.31. The molecule has 1 atom stereocenters. The molecule has 0 aliphatic carbocycles. The van der Waals surface area contributed by atoms with Crippen molar-refractivity contribution < 1.29 is 4.79 Å². The van der Waals surface area contributed by atoms with Crippen molar-refractivity contribution >= 4 is 23.3 Å². The monoisotopic (exact) mass is 201 g/mol. The zero-order valence-corrected chi connectivity index (χ0v) is 8.38. The second kappa shape index (κ2) is 4.28. The van der Waals surface area contributed by atoms with Crippen LogP contribution < -0.4 is 5.32 Å². The highest BCUT2D eigenvalue weighted by Gasteiger charge is 2.12. The van der Waals surface area contributed by atoms with Gasteiger partial charge in [0, 0.05) is 31.1 Å². The van der Waals surface area contributed by atoms with Gasteiger partial charge in [-0.3, -0.25) is 9.48 Å². The quantitative estimate of drug-likeness (QED) is 0.748. The Hall–Kier alpha value is -1.03. The number of nitrogens with one attached hydrogen (secondary N) is 1. The molecular formula is C8H12ClN3O. The van der Waals surface area contributed by atoms with Crippen molar-refractivity contribution in [3.8, 4) is 0 Å². The SMILES string of the molecule is CC(CCl)C(=O)Nc1ccn(C)n1. The van der Waals surface area contributed by atoms with E-state index < -0.39 is 0 Å². The van der Waals surface area contributed by atoms with Crippen LogP contribution >= 0.6 is 11.6 Å². The van der Waals surface area contributed by atoms with Crippen molar-refractivity contribution in [1.29, 1.82) is 0 Å². The molecule has 0 spiro atoms. The van der Waals surface area contributed by atoms with Crippen LogP contribution in [-0.4, -0.2) is 21.6 Å². The van der Waals surface area contributed by atoms with E-state index >= 15 is 0 Å². The number of aromatic nitrogens is 2. The molecule has 0 radical (unpaired) electrons. The molecule has 1 amide bonds. The van der Waals surface area contributed by atoms with Crippen LogP contribution in [-0.2, 0) is 11.8 Å². The Balaban J connectivity index is 2.54. The molecule has 72 valence electrons. The Bertz CT molecular complexity index is 297. The second-order valence-electron chi connectivity index (χ2n) is 2.92. The highest BCUT2D eigenvalue weighted by atomic mass is 35.5. The first-order valence-corrected chi connectivity index (χ1v) is 4.53. The number of carbonyl (C=O) groups is 1. The fourth-order valence-electron chi connectivity index (χ4n) is 0.801. The minimum Gasteiger partial charge on any atom is -0.309 e. The maximum absolute atomic E-state index is 11.3. The number of hydrogen-bond donors (Lipinski definition) is 1. The normalized spacial score (nSPS) is 12.5. The largest absolute Gasteiger partial charge is 0.309 e. The first-order valence-electron chi connectivity index (χ1n) is 4.00. The number of anilines is 1. The zero-order valence-electron chi connectivity index (χ0n) is 7.62. The van der Waals surface area contributed by atoms with Gasteiger partial charge in [-0.2, -0.15) is 5.10 Å². The average molecular weight is 202 g/mol. The minimum atomic E-state index is -0.191. The number of amides is 1. The smallest absolute Gasteiger partial charge is 0.229 e. The van der Waals surface area contributed by atoms with Crippen molar-refractivity contribution in [2.75, 3.05) is 11.2 Å². The van der Waals surface area contributed by atoms with Crippen LogP contribution in [0.3, 0.4) is 0 Å². The third-order valence-corrected chi connectivity index (χ3v) is 2.11. The van der Waals surface area contributed by atoms with Gasteiger partial charge < -0.3 is 5.32 Å². The average Bonchev–Trinajstić information content (AvgIpc) is 2.49. The van der Waals surface area contributed by atoms with Crippen molar-refractivity contribution in [2.24, 2.45) is 13.0 Å². The molecule has 1 heterocycles. The molecule has 1 aromatic heterocycles. The van der Waals surface area contributed by atoms with Crippen LogP contribution in [0.4, 0.5) is 5.82 Å². The molecule has 0 bridgehead atoms. The molecule has 0 saturated heterocycles. The van der Waals surface area contributed by atoms with Gasteiger partial charge in [-0.25, -0.2) is 0 Å². The number of halogens is 1. The molecule has 0 aliphatic rings. The molecule has 1 unspecified atom stereocenters. The molecule has 1 rings (SSSR count). The summed E-state index contributed by atoms with van der Waals surface area (Å²) < 4.78 is 1.63. The predicted octanol–water partition coefficient (Wildman–Crippen LogP) is 1.23. The third-order valence-electron chi connectivity index (χ3n) is 1.64. The molecule has 1 aromatic rings. The fourth-order valence-corrected chi connectivity index (χ4v) is 0.941. The molecule has 0 aromatic carbocycles. The number of nitrogens with zero attached hydrogens (tertiary/aromatic N) is 2. The van der Waals surface area contributed by atoms with E-state index in [1.165, 1.54) is 0 Å². The molecule has 13 heavy (non-hydrogen) atoms. The van der Waals surface area contributed by atoms with Crippen LogP contribution in [0, 0.1) is 5.92 Å². The minimum absolute atomic E-state index is 0.103. The Morgan fingerprint density at radius 3 is 3.00 bits per heavy atom. The lowest BCUT2D eigenvalue weighted by Crippen LogP contribution is -2.21. The summed E-state index contributed by atoms with van der Waals surface area (Å²) in [6.45, 7) is 1.77. The number of aryl methyl sites for hydroxylation is 1. The maximum atomic E-state index is 11.3. The summed E-state index contributed by atoms with van der Waals surface area (Å²) in [5.41, 5.74) is 0. The van der Waals surface area contributed by atoms with E-state index in [2.05, 4.69) is 10.4 Å². The van der Waals surface area contributed by atoms with Crippen molar-refractivity contribution in [2.45, 2.75) is 6.92 Å². The van der Waals surface area contributed by atoms with Crippen molar-refractivity contribution in [3.05, 3.63) is 12.3 Å². The Morgan fingerprint density at radius 2 is 2.54 bits per heavy atom. The van der Waals surface area contributed by atoms with Crippen LogP contribution in [0.15, 0.2) is 12.3 Å². The van der Waals surface area contributed by atoms with Gasteiger partial charge in [0.2, 0.25) is 5.91 Å². The topological polar surface area (TPSA) is 46.9 Å². The molecule has 0 fully saturated rings. The van der Waals surface area contributed by atoms with Crippen LogP contribution in [0.2, 0.25) is 0 Å². The summed E-state index contributed by atoms with van der Waals surface area (Å²) in [4.78, 5) is 11.3. The second-order valence-corrected chi connectivity index (χ2v) is 3.23. The van der Waals surface area contributed by atoms with Crippen molar-refractivity contribution in [1.82, 2.24) is 9.78 Å². The molecular weight excluding hydrogens is 190 g/mol. The van der Waals surface area contributed by atoms with E-state index in [9.17, 15) is 4.79 Å². The summed E-state index contributed by atoms with van der Waals surface area (Å²) >= 11 is 5.53. The summed E-state index contributed by atoms with van der Waals surface area (Å²) in [6, 6.07) is 1.73. The fraction of sp³-hybridized carbons (Fsp3) is 0.500. The van der Waals surface area contributed by atoms with Crippen LogP contribution in [0.25, 0.3) is 0 Å². The lowest BCUT2D eigenvalue weighted by atomic mass is 10.2. The lowest BCUT2D eigenvalue weighted by Gasteiger charge is -2.05.